The maximum atomic E-state index is 12.0. The summed E-state index contributed by atoms with van der Waals surface area (Å²) >= 11 is 3.33. The second-order valence-corrected chi connectivity index (χ2v) is 4.83. The van der Waals surface area contributed by atoms with Crippen LogP contribution in [0.3, 0.4) is 0 Å². The minimum atomic E-state index is -0.457. The summed E-state index contributed by atoms with van der Waals surface area (Å²) in [6, 6.07) is 7.26. The second kappa shape index (κ2) is 6.89. The van der Waals surface area contributed by atoms with Crippen LogP contribution in [-0.2, 0) is 9.47 Å². The Labute approximate surface area is 110 Å². The second-order valence-electron chi connectivity index (χ2n) is 3.92. The van der Waals surface area contributed by atoms with Crippen LogP contribution in [0.1, 0.15) is 24.2 Å². The maximum absolute atomic E-state index is 12.0. The molecule has 0 spiro atoms. The van der Waals surface area contributed by atoms with E-state index >= 15 is 0 Å². The maximum Gasteiger partial charge on any atom is 0.191 e. The number of ether oxygens (including phenoxy) is 2. The van der Waals surface area contributed by atoms with E-state index < -0.39 is 6.10 Å². The van der Waals surface area contributed by atoms with E-state index in [-0.39, 0.29) is 11.9 Å². The molecule has 2 unspecified atom stereocenters. The van der Waals surface area contributed by atoms with E-state index in [4.69, 9.17) is 9.47 Å². The molecule has 0 fully saturated rings. The van der Waals surface area contributed by atoms with E-state index in [0.29, 0.717) is 12.2 Å². The molecule has 0 aliphatic carbocycles. The Morgan fingerprint density at radius 3 is 2.41 bits per heavy atom. The van der Waals surface area contributed by atoms with Gasteiger partial charge in [-0.15, -0.1) is 0 Å². The first-order valence-corrected chi connectivity index (χ1v) is 6.28. The minimum Gasteiger partial charge on any atom is -0.382 e. The number of halogens is 1. The molecular formula is C13H17BrO3. The molecule has 4 heteroatoms. The topological polar surface area (TPSA) is 35.5 Å². The molecule has 1 aromatic carbocycles. The zero-order chi connectivity index (χ0) is 12.8. The van der Waals surface area contributed by atoms with E-state index in [1.165, 1.54) is 0 Å². The molecule has 0 radical (unpaired) electrons. The molecular weight excluding hydrogens is 284 g/mol. The highest BCUT2D eigenvalue weighted by atomic mass is 79.9. The summed E-state index contributed by atoms with van der Waals surface area (Å²) in [5.74, 6) is -0.0135. The number of carbonyl (C=O) groups is 1. The lowest BCUT2D eigenvalue weighted by molar-refractivity contribution is -0.0214. The van der Waals surface area contributed by atoms with Gasteiger partial charge in [0, 0.05) is 17.1 Å². The van der Waals surface area contributed by atoms with Crippen LogP contribution in [0.4, 0.5) is 0 Å². The van der Waals surface area contributed by atoms with E-state index in [1.807, 2.05) is 19.1 Å². The molecule has 0 bridgehead atoms. The number of carbonyl (C=O) groups excluding carboxylic acids is 1. The summed E-state index contributed by atoms with van der Waals surface area (Å²) in [7, 11) is 1.61. The van der Waals surface area contributed by atoms with Gasteiger partial charge in [-0.25, -0.2) is 0 Å². The zero-order valence-electron chi connectivity index (χ0n) is 10.3. The molecule has 94 valence electrons. The van der Waals surface area contributed by atoms with Crippen LogP contribution in [0.15, 0.2) is 28.7 Å². The normalized spacial score (nSPS) is 14.4. The van der Waals surface area contributed by atoms with Crippen LogP contribution >= 0.6 is 15.9 Å². The van der Waals surface area contributed by atoms with Gasteiger partial charge in [0.05, 0.1) is 12.7 Å². The third-order valence-electron chi connectivity index (χ3n) is 2.34. The standard InChI is InChI=1S/C13H17BrO3/c1-9(8-16-3)17-10(2)13(15)11-4-6-12(14)7-5-11/h4-7,9-10H,8H2,1-3H3. The van der Waals surface area contributed by atoms with Gasteiger partial charge in [-0.3, -0.25) is 4.79 Å². The Bertz CT molecular complexity index is 361. The van der Waals surface area contributed by atoms with Gasteiger partial charge in [0.2, 0.25) is 0 Å². The molecule has 17 heavy (non-hydrogen) atoms. The van der Waals surface area contributed by atoms with Gasteiger partial charge in [0.1, 0.15) is 6.10 Å². The van der Waals surface area contributed by atoms with Crippen molar-refractivity contribution in [1.82, 2.24) is 0 Å². The van der Waals surface area contributed by atoms with Crippen molar-refractivity contribution in [1.29, 1.82) is 0 Å². The molecule has 0 saturated heterocycles. The molecule has 1 aromatic rings. The molecule has 0 saturated carbocycles. The van der Waals surface area contributed by atoms with Crippen molar-refractivity contribution in [2.75, 3.05) is 13.7 Å². The lowest BCUT2D eigenvalue weighted by Crippen LogP contribution is -2.27. The molecule has 0 aromatic heterocycles. The van der Waals surface area contributed by atoms with E-state index in [0.717, 1.165) is 4.47 Å². The number of methoxy groups -OCH3 is 1. The third kappa shape index (κ3) is 4.58. The molecule has 0 amide bonds. The highest BCUT2D eigenvalue weighted by molar-refractivity contribution is 9.10. The Hall–Kier alpha value is -0.710. The van der Waals surface area contributed by atoms with Crippen LogP contribution < -0.4 is 0 Å². The first kappa shape index (κ1) is 14.4. The average molecular weight is 301 g/mol. The first-order valence-electron chi connectivity index (χ1n) is 5.48. The molecule has 1 rings (SSSR count). The molecule has 2 atom stereocenters. The fraction of sp³-hybridized carbons (Fsp3) is 0.462. The van der Waals surface area contributed by atoms with Gasteiger partial charge in [0.25, 0.3) is 0 Å². The summed E-state index contributed by atoms with van der Waals surface area (Å²) in [6.07, 6.45) is -0.546. The van der Waals surface area contributed by atoms with Crippen molar-refractivity contribution in [2.24, 2.45) is 0 Å². The quantitative estimate of drug-likeness (QED) is 0.758. The molecule has 0 N–H and O–H groups in total. The number of ketones is 1. The summed E-state index contributed by atoms with van der Waals surface area (Å²) in [5, 5.41) is 0. The highest BCUT2D eigenvalue weighted by Gasteiger charge is 2.18. The Kier molecular flexibility index (Phi) is 5.82. The lowest BCUT2D eigenvalue weighted by Gasteiger charge is -2.17. The van der Waals surface area contributed by atoms with Crippen molar-refractivity contribution < 1.29 is 14.3 Å². The largest absolute Gasteiger partial charge is 0.382 e. The fourth-order valence-electron chi connectivity index (χ4n) is 1.53. The van der Waals surface area contributed by atoms with E-state index in [1.54, 1.807) is 26.2 Å². The fourth-order valence-corrected chi connectivity index (χ4v) is 1.80. The summed E-state index contributed by atoms with van der Waals surface area (Å²) in [6.45, 7) is 4.13. The third-order valence-corrected chi connectivity index (χ3v) is 2.86. The van der Waals surface area contributed by atoms with Crippen molar-refractivity contribution in [3.05, 3.63) is 34.3 Å². The van der Waals surface area contributed by atoms with Gasteiger partial charge in [-0.1, -0.05) is 28.1 Å². The number of hydrogen-bond donors (Lipinski definition) is 0. The SMILES string of the molecule is COCC(C)OC(C)C(=O)c1ccc(Br)cc1. The molecule has 0 aliphatic rings. The first-order chi connectivity index (χ1) is 8.04. The average Bonchev–Trinajstić information content (AvgIpc) is 2.29. The van der Waals surface area contributed by atoms with Crippen LogP contribution in [0.2, 0.25) is 0 Å². The van der Waals surface area contributed by atoms with Crippen molar-refractivity contribution in [2.45, 2.75) is 26.1 Å². The van der Waals surface area contributed by atoms with Crippen molar-refractivity contribution in [3.63, 3.8) is 0 Å². The summed E-state index contributed by atoms with van der Waals surface area (Å²) in [5.41, 5.74) is 0.658. The summed E-state index contributed by atoms with van der Waals surface area (Å²) < 4.78 is 11.5. The Balaban J connectivity index is 2.60. The summed E-state index contributed by atoms with van der Waals surface area (Å²) in [4.78, 5) is 12.0. The number of benzene rings is 1. The number of Topliss-reactive ketones (excluding diaryl/α,β-unsaturated/α-hetero) is 1. The van der Waals surface area contributed by atoms with Crippen LogP contribution in [-0.4, -0.2) is 31.7 Å². The van der Waals surface area contributed by atoms with Gasteiger partial charge in [-0.2, -0.15) is 0 Å². The van der Waals surface area contributed by atoms with Gasteiger partial charge >= 0.3 is 0 Å². The molecule has 0 aliphatic heterocycles. The monoisotopic (exact) mass is 300 g/mol. The molecule has 0 heterocycles. The van der Waals surface area contributed by atoms with Gasteiger partial charge < -0.3 is 9.47 Å². The number of rotatable bonds is 6. The number of hydrogen-bond acceptors (Lipinski definition) is 3. The Morgan fingerprint density at radius 1 is 1.29 bits per heavy atom. The van der Waals surface area contributed by atoms with E-state index in [9.17, 15) is 4.79 Å². The van der Waals surface area contributed by atoms with Crippen LogP contribution in [0.5, 0.6) is 0 Å². The zero-order valence-corrected chi connectivity index (χ0v) is 11.9. The Morgan fingerprint density at radius 2 is 1.88 bits per heavy atom. The van der Waals surface area contributed by atoms with Gasteiger partial charge in [-0.05, 0) is 26.0 Å². The minimum absolute atomic E-state index is 0.0135. The smallest absolute Gasteiger partial charge is 0.191 e. The van der Waals surface area contributed by atoms with Gasteiger partial charge in [0.15, 0.2) is 5.78 Å². The molecule has 3 nitrogen and oxygen atoms in total. The lowest BCUT2D eigenvalue weighted by atomic mass is 10.1. The predicted molar refractivity (Wildman–Crippen MR) is 70.4 cm³/mol. The van der Waals surface area contributed by atoms with E-state index in [2.05, 4.69) is 15.9 Å². The predicted octanol–water partition coefficient (Wildman–Crippen LogP) is 3.07. The van der Waals surface area contributed by atoms with Crippen molar-refractivity contribution in [3.8, 4) is 0 Å². The van der Waals surface area contributed by atoms with Crippen LogP contribution in [0.25, 0.3) is 0 Å². The highest BCUT2D eigenvalue weighted by Crippen LogP contribution is 2.13. The van der Waals surface area contributed by atoms with Crippen molar-refractivity contribution >= 4 is 21.7 Å². The van der Waals surface area contributed by atoms with Crippen LogP contribution in [0, 0.1) is 0 Å².